The minimum Gasteiger partial charge on any atom is -0.458 e. The van der Waals surface area contributed by atoms with E-state index in [0.717, 1.165) is 55.1 Å². The van der Waals surface area contributed by atoms with Gasteiger partial charge in [0.2, 0.25) is 0 Å². The summed E-state index contributed by atoms with van der Waals surface area (Å²) < 4.78 is 107. The van der Waals surface area contributed by atoms with Crippen LogP contribution in [0.15, 0.2) is 229 Å². The Morgan fingerprint density at radius 3 is 2.04 bits per heavy atom. The molecular weight excluding hydrogens is 857 g/mol. The molecule has 334 valence electrons. The van der Waals surface area contributed by atoms with E-state index < -0.39 is 60.4 Å². The van der Waals surface area contributed by atoms with Gasteiger partial charge in [-0.15, -0.1) is 0 Å². The summed E-state index contributed by atoms with van der Waals surface area (Å²) in [6.07, 6.45) is 5.38. The molecule has 0 aliphatic carbocycles. The largest absolute Gasteiger partial charge is 0.458 e. The van der Waals surface area contributed by atoms with Gasteiger partial charge in [0.1, 0.15) is 28.5 Å². The first-order valence-corrected chi connectivity index (χ1v) is 22.9. The third-order valence-electron chi connectivity index (χ3n) is 13.0. The van der Waals surface area contributed by atoms with E-state index in [1.54, 1.807) is 27.3 Å². The van der Waals surface area contributed by atoms with Crippen molar-refractivity contribution in [3.8, 4) is 62.1 Å². The lowest BCUT2D eigenvalue weighted by Gasteiger charge is -2.20. The topological polar surface area (TPSA) is 49.0 Å². The predicted octanol–water partition coefficient (Wildman–Crippen LogP) is 16.2. The van der Waals surface area contributed by atoms with Gasteiger partial charge in [-0.05, 0) is 117 Å². The molecule has 0 fully saturated rings. The first-order valence-electron chi connectivity index (χ1n) is 27.9. The second kappa shape index (κ2) is 16.4. The van der Waals surface area contributed by atoms with Crippen LogP contribution >= 0.6 is 0 Å². The maximum atomic E-state index is 9.20. The molecule has 0 saturated carbocycles. The van der Waals surface area contributed by atoms with Crippen molar-refractivity contribution in [3.63, 3.8) is 0 Å². The number of fused-ring (bicyclic) bond motifs is 7. The van der Waals surface area contributed by atoms with Crippen LogP contribution in [0.25, 0.3) is 105 Å². The van der Waals surface area contributed by atoms with Crippen LogP contribution in [0.3, 0.4) is 0 Å². The highest BCUT2D eigenvalue weighted by Crippen LogP contribution is 2.40. The fourth-order valence-corrected chi connectivity index (χ4v) is 9.59. The van der Waals surface area contributed by atoms with Gasteiger partial charge in [-0.25, -0.2) is 4.98 Å². The third-order valence-corrected chi connectivity index (χ3v) is 13.0. The minimum absolute atomic E-state index is 0.129. The summed E-state index contributed by atoms with van der Waals surface area (Å²) in [5, 5.41) is 3.62. The molecule has 13 rings (SSSR count). The molecule has 6 heteroatoms. The van der Waals surface area contributed by atoms with Gasteiger partial charge in [0.15, 0.2) is 0 Å². The highest BCUT2D eigenvalue weighted by atomic mass is 16.5. The Kier molecular flexibility index (Phi) is 7.45. The first-order chi connectivity index (χ1) is 38.5. The fourth-order valence-electron chi connectivity index (χ4n) is 9.59. The molecule has 0 saturated heterocycles. The molecule has 0 amide bonds. The average Bonchev–Trinajstić information content (AvgIpc) is 4.24. The van der Waals surface area contributed by atoms with Crippen LogP contribution in [-0.4, -0.2) is 14.1 Å². The van der Waals surface area contributed by atoms with Gasteiger partial charge in [0.25, 0.3) is 6.33 Å². The number of benzene rings is 9. The first kappa shape index (κ1) is 31.9. The molecule has 0 radical (unpaired) electrons. The van der Waals surface area contributed by atoms with Crippen molar-refractivity contribution in [2.24, 2.45) is 0 Å². The molecule has 0 bridgehead atoms. The van der Waals surface area contributed by atoms with Gasteiger partial charge >= 0.3 is 0 Å². The Balaban J connectivity index is 1.02. The number of para-hydroxylation sites is 2. The summed E-state index contributed by atoms with van der Waals surface area (Å²) in [5.41, 5.74) is 8.02. The summed E-state index contributed by atoms with van der Waals surface area (Å²) in [7, 11) is 0. The van der Waals surface area contributed by atoms with E-state index in [0.29, 0.717) is 39.4 Å². The standard InChI is InChI=1S/C64H46N4O2/c1-64(2,3)46-33-34-65-62(36-46)68-56-32-29-45(42-17-7-4-8-18-42)35-54(56)52-31-30-49(38-57(52)68)69-48-24-15-23-47(37-48)66-41-67(58-39-55-53-25-13-14-28-60(53)70-61(55)40-59(58)66)63-50(43-19-9-5-10-20-43)26-16-27-51(63)44-21-11-6-12-22-44/h4-40H,1-3H3/i5D,6D,9D,10D,11D,12D,19D,20D,21D,22D. The summed E-state index contributed by atoms with van der Waals surface area (Å²) in [6, 6.07) is 45.3. The molecule has 4 aromatic heterocycles. The predicted molar refractivity (Wildman–Crippen MR) is 285 cm³/mol. The Morgan fingerprint density at radius 2 is 1.27 bits per heavy atom. The number of pyridine rings is 1. The smallest absolute Gasteiger partial charge is 0.269 e. The van der Waals surface area contributed by atoms with Gasteiger partial charge in [0, 0.05) is 33.8 Å². The van der Waals surface area contributed by atoms with Crippen LogP contribution in [0.5, 0.6) is 11.5 Å². The van der Waals surface area contributed by atoms with Gasteiger partial charge in [0.05, 0.1) is 47.1 Å². The number of rotatable bonds is 8. The summed E-state index contributed by atoms with van der Waals surface area (Å²) in [5.74, 6) is 1.81. The summed E-state index contributed by atoms with van der Waals surface area (Å²) in [6.45, 7) is 6.55. The molecule has 0 atom stereocenters. The SMILES string of the molecule is [2H]c1c([2H])c([2H])c(-c2cccc(-c3c([2H])c([2H])c([2H])c([2H])c3[2H])c2-[n+]2[c-]n(-c3cccc(Oc4ccc5c6cc(-c7ccccc7)ccc6n(-c6cc(C(C)(C)C)ccn6)c5c4)c3)c3cc4oc5ccccc5c4cc32)c([2H])c1[2H]. The zero-order valence-electron chi connectivity index (χ0n) is 48.2. The average molecular weight is 913 g/mol. The van der Waals surface area contributed by atoms with Crippen molar-refractivity contribution in [3.05, 3.63) is 236 Å². The minimum atomic E-state index is -0.582. The highest BCUT2D eigenvalue weighted by Gasteiger charge is 2.23. The van der Waals surface area contributed by atoms with Crippen molar-refractivity contribution in [1.82, 2.24) is 14.1 Å². The third kappa shape index (κ3) is 7.03. The zero-order valence-corrected chi connectivity index (χ0v) is 38.2. The zero-order chi connectivity index (χ0) is 55.6. The lowest BCUT2D eigenvalue weighted by Crippen LogP contribution is -2.31. The van der Waals surface area contributed by atoms with E-state index >= 15 is 0 Å². The van der Waals surface area contributed by atoms with Crippen molar-refractivity contribution in [1.29, 1.82) is 0 Å². The van der Waals surface area contributed by atoms with Crippen molar-refractivity contribution in [2.75, 3.05) is 0 Å². The maximum absolute atomic E-state index is 9.20. The molecule has 0 unspecified atom stereocenters. The van der Waals surface area contributed by atoms with Gasteiger partial charge in [-0.3, -0.25) is 13.7 Å². The number of imidazole rings is 1. The number of nitrogens with zero attached hydrogens (tertiary/aromatic N) is 4. The van der Waals surface area contributed by atoms with E-state index in [9.17, 15) is 5.48 Å². The second-order valence-electron chi connectivity index (χ2n) is 18.3. The van der Waals surface area contributed by atoms with Crippen molar-refractivity contribution >= 4 is 54.8 Å². The highest BCUT2D eigenvalue weighted by molar-refractivity contribution is 6.11. The van der Waals surface area contributed by atoms with Crippen LogP contribution < -0.4 is 9.30 Å². The Labute approximate surface area is 419 Å². The molecule has 0 spiro atoms. The van der Waals surface area contributed by atoms with Crippen LogP contribution in [0.4, 0.5) is 0 Å². The van der Waals surface area contributed by atoms with E-state index in [1.165, 1.54) is 0 Å². The molecule has 13 aromatic rings. The number of hydrogen-bond donors (Lipinski definition) is 0. The van der Waals surface area contributed by atoms with Crippen LogP contribution in [0, 0.1) is 6.33 Å². The molecule has 70 heavy (non-hydrogen) atoms. The number of ether oxygens (including phenoxy) is 1. The molecule has 9 aromatic carbocycles. The summed E-state index contributed by atoms with van der Waals surface area (Å²) >= 11 is 0. The maximum Gasteiger partial charge on any atom is 0.269 e. The molecule has 4 heterocycles. The Hall–Kier alpha value is -9.00. The summed E-state index contributed by atoms with van der Waals surface area (Å²) in [4.78, 5) is 4.92. The van der Waals surface area contributed by atoms with E-state index in [-0.39, 0.29) is 33.4 Å². The number of furan rings is 1. The monoisotopic (exact) mass is 912 g/mol. The van der Waals surface area contributed by atoms with Gasteiger partial charge < -0.3 is 9.15 Å². The lowest BCUT2D eigenvalue weighted by atomic mass is 9.88. The van der Waals surface area contributed by atoms with Crippen LogP contribution in [0.2, 0.25) is 0 Å². The molecule has 0 aliphatic heterocycles. The normalized spacial score (nSPS) is 13.9. The fraction of sp³-hybridized carbons (Fsp3) is 0.0625. The van der Waals surface area contributed by atoms with Crippen LogP contribution in [0.1, 0.15) is 40.0 Å². The number of aromatic nitrogens is 4. The second-order valence-corrected chi connectivity index (χ2v) is 18.3. The van der Waals surface area contributed by atoms with E-state index in [2.05, 4.69) is 80.2 Å². The quantitative estimate of drug-likeness (QED) is 0.113. The molecular formula is C64H46N4O2. The van der Waals surface area contributed by atoms with E-state index in [4.69, 9.17) is 22.4 Å². The van der Waals surface area contributed by atoms with E-state index in [1.807, 2.05) is 97.2 Å². The van der Waals surface area contributed by atoms with Crippen LogP contribution in [-0.2, 0) is 5.41 Å². The van der Waals surface area contributed by atoms with Crippen molar-refractivity contribution in [2.45, 2.75) is 26.2 Å². The Bertz CT molecular complexity index is 4610. The van der Waals surface area contributed by atoms with Gasteiger partial charge in [-0.2, -0.15) is 0 Å². The molecule has 0 aliphatic rings. The van der Waals surface area contributed by atoms with Gasteiger partial charge in [-0.1, -0.05) is 160 Å². The van der Waals surface area contributed by atoms with Crippen molar-refractivity contribution < 1.29 is 27.4 Å². The molecule has 0 N–H and O–H groups in total. The number of hydrogen-bond acceptors (Lipinski definition) is 3. The Morgan fingerprint density at radius 1 is 0.543 bits per heavy atom. The lowest BCUT2D eigenvalue weighted by molar-refractivity contribution is -0.571. The molecule has 6 nitrogen and oxygen atoms in total.